The zero-order valence-corrected chi connectivity index (χ0v) is 13.7. The summed E-state index contributed by atoms with van der Waals surface area (Å²) in [6, 6.07) is 8.34. The Hall–Kier alpha value is 0.130. The molecule has 0 amide bonds. The average molecular weight is 317 g/mol. The van der Waals surface area contributed by atoms with Gasteiger partial charge in [-0.3, -0.25) is 11.3 Å². The molecule has 1 aliphatic rings. The van der Waals surface area contributed by atoms with Gasteiger partial charge in [-0.1, -0.05) is 37.6 Å². The molecule has 1 aromatic carbocycles. The van der Waals surface area contributed by atoms with E-state index in [1.165, 1.54) is 5.56 Å². The van der Waals surface area contributed by atoms with E-state index in [1.807, 2.05) is 30.0 Å². The van der Waals surface area contributed by atoms with Gasteiger partial charge in [-0.05, 0) is 24.1 Å². The highest BCUT2D eigenvalue weighted by molar-refractivity contribution is 8.07. The van der Waals surface area contributed by atoms with Crippen molar-refractivity contribution in [1.82, 2.24) is 5.43 Å². The van der Waals surface area contributed by atoms with Crippen molar-refractivity contribution < 1.29 is 0 Å². The van der Waals surface area contributed by atoms with Gasteiger partial charge in [0.1, 0.15) is 0 Å². The fourth-order valence-electron chi connectivity index (χ4n) is 2.23. The van der Waals surface area contributed by atoms with E-state index in [9.17, 15) is 0 Å². The Balaban J connectivity index is 2.00. The second-order valence-electron chi connectivity index (χ2n) is 5.03. The van der Waals surface area contributed by atoms with Crippen molar-refractivity contribution in [2.24, 2.45) is 5.84 Å². The van der Waals surface area contributed by atoms with E-state index in [0.717, 1.165) is 22.4 Å². The molecule has 1 aromatic rings. The van der Waals surface area contributed by atoms with Crippen molar-refractivity contribution >= 4 is 35.1 Å². The van der Waals surface area contributed by atoms with E-state index < -0.39 is 0 Å². The van der Waals surface area contributed by atoms with E-state index in [4.69, 9.17) is 17.4 Å². The van der Waals surface area contributed by atoms with Crippen LogP contribution in [0.15, 0.2) is 24.3 Å². The number of hydrazine groups is 1. The van der Waals surface area contributed by atoms with Crippen LogP contribution in [0.4, 0.5) is 0 Å². The molecule has 0 radical (unpaired) electrons. The fourth-order valence-corrected chi connectivity index (χ4v) is 5.56. The highest BCUT2D eigenvalue weighted by atomic mass is 35.5. The van der Waals surface area contributed by atoms with Gasteiger partial charge in [0, 0.05) is 32.6 Å². The summed E-state index contributed by atoms with van der Waals surface area (Å²) in [4.78, 5) is 0. The lowest BCUT2D eigenvalue weighted by Gasteiger charge is -2.35. The van der Waals surface area contributed by atoms with Crippen LogP contribution in [0.1, 0.15) is 19.4 Å². The van der Waals surface area contributed by atoms with Gasteiger partial charge in [0.2, 0.25) is 0 Å². The first-order valence-electron chi connectivity index (χ1n) is 6.57. The molecular formula is C14H21ClN2S2. The maximum Gasteiger partial charge on any atom is 0.0408 e. The molecule has 4 unspecified atom stereocenters. The lowest BCUT2D eigenvalue weighted by atomic mass is 10.0. The quantitative estimate of drug-likeness (QED) is 0.660. The van der Waals surface area contributed by atoms with Crippen LogP contribution in [0.2, 0.25) is 5.02 Å². The van der Waals surface area contributed by atoms with Crippen LogP contribution in [0, 0.1) is 0 Å². The molecule has 3 N–H and O–H groups in total. The second-order valence-corrected chi connectivity index (χ2v) is 8.49. The van der Waals surface area contributed by atoms with Crippen LogP contribution in [-0.2, 0) is 6.42 Å². The third-order valence-corrected chi connectivity index (χ3v) is 7.37. The zero-order chi connectivity index (χ0) is 13.8. The lowest BCUT2D eigenvalue weighted by Crippen LogP contribution is -2.47. The molecule has 0 bridgehead atoms. The number of thioether (sulfide) groups is 2. The Morgan fingerprint density at radius 1 is 1.42 bits per heavy atom. The number of rotatable bonds is 4. The highest BCUT2D eigenvalue weighted by Crippen LogP contribution is 2.37. The van der Waals surface area contributed by atoms with Gasteiger partial charge in [-0.15, -0.1) is 0 Å². The van der Waals surface area contributed by atoms with Crippen molar-refractivity contribution in [3.05, 3.63) is 34.9 Å². The van der Waals surface area contributed by atoms with Crippen LogP contribution in [-0.4, -0.2) is 27.5 Å². The van der Waals surface area contributed by atoms with Crippen molar-refractivity contribution in [2.75, 3.05) is 5.75 Å². The fraction of sp³-hybridized carbons (Fsp3) is 0.571. The van der Waals surface area contributed by atoms with Crippen molar-refractivity contribution in [3.8, 4) is 0 Å². The van der Waals surface area contributed by atoms with Crippen LogP contribution < -0.4 is 11.3 Å². The third-order valence-electron chi connectivity index (χ3n) is 3.58. The number of benzene rings is 1. The van der Waals surface area contributed by atoms with Gasteiger partial charge < -0.3 is 0 Å². The molecule has 1 heterocycles. The minimum Gasteiger partial charge on any atom is -0.271 e. The van der Waals surface area contributed by atoms with Crippen LogP contribution in [0.5, 0.6) is 0 Å². The first-order chi connectivity index (χ1) is 9.10. The summed E-state index contributed by atoms with van der Waals surface area (Å²) in [6.07, 6.45) is 0.927. The Bertz CT molecular complexity index is 416. The lowest BCUT2D eigenvalue weighted by molar-refractivity contribution is 0.521. The van der Waals surface area contributed by atoms with E-state index in [2.05, 4.69) is 37.1 Å². The van der Waals surface area contributed by atoms with Gasteiger partial charge in [-0.25, -0.2) is 0 Å². The Morgan fingerprint density at radius 3 is 2.84 bits per heavy atom. The monoisotopic (exact) mass is 316 g/mol. The molecule has 0 aromatic heterocycles. The van der Waals surface area contributed by atoms with Crippen molar-refractivity contribution in [3.63, 3.8) is 0 Å². The third kappa shape index (κ3) is 4.30. The molecule has 2 nitrogen and oxygen atoms in total. The van der Waals surface area contributed by atoms with E-state index in [-0.39, 0.29) is 0 Å². The number of hydrogen-bond donors (Lipinski definition) is 2. The van der Waals surface area contributed by atoms with E-state index in [0.29, 0.717) is 16.5 Å². The molecule has 1 saturated heterocycles. The van der Waals surface area contributed by atoms with Gasteiger partial charge in [0.05, 0.1) is 0 Å². The van der Waals surface area contributed by atoms with E-state index >= 15 is 0 Å². The Kier molecular flexibility index (Phi) is 5.90. The smallest absolute Gasteiger partial charge is 0.0408 e. The summed E-state index contributed by atoms with van der Waals surface area (Å²) in [7, 11) is 0. The maximum absolute atomic E-state index is 6.04. The molecule has 1 fully saturated rings. The molecule has 0 spiro atoms. The number of hydrogen-bond acceptors (Lipinski definition) is 4. The molecule has 5 heteroatoms. The van der Waals surface area contributed by atoms with Gasteiger partial charge in [0.15, 0.2) is 0 Å². The molecule has 2 rings (SSSR count). The van der Waals surface area contributed by atoms with Crippen molar-refractivity contribution in [1.29, 1.82) is 0 Å². The number of halogens is 1. The van der Waals surface area contributed by atoms with Crippen LogP contribution in [0.3, 0.4) is 0 Å². The van der Waals surface area contributed by atoms with Gasteiger partial charge >= 0.3 is 0 Å². The molecule has 19 heavy (non-hydrogen) atoms. The molecule has 106 valence electrons. The summed E-state index contributed by atoms with van der Waals surface area (Å²) >= 11 is 10.1. The molecule has 0 aliphatic carbocycles. The topological polar surface area (TPSA) is 38.0 Å². The Labute approximate surface area is 129 Å². The standard InChI is InChI=1S/C14H21ClN2S2/c1-9-10(2)19-14(8-18-9)13(17-16)7-11-4-3-5-12(15)6-11/h3-6,9-10,13-14,17H,7-8,16H2,1-2H3. The highest BCUT2D eigenvalue weighted by Gasteiger charge is 2.30. The average Bonchev–Trinajstić information content (AvgIpc) is 2.39. The van der Waals surface area contributed by atoms with Crippen LogP contribution in [0.25, 0.3) is 0 Å². The van der Waals surface area contributed by atoms with Gasteiger partial charge in [0.25, 0.3) is 0 Å². The summed E-state index contributed by atoms with van der Waals surface area (Å²) < 4.78 is 0. The normalized spacial score (nSPS) is 29.2. The zero-order valence-electron chi connectivity index (χ0n) is 11.3. The number of nitrogens with one attached hydrogen (secondary N) is 1. The maximum atomic E-state index is 6.04. The molecule has 1 aliphatic heterocycles. The molecule has 0 saturated carbocycles. The molecular weight excluding hydrogens is 296 g/mol. The van der Waals surface area contributed by atoms with Crippen LogP contribution >= 0.6 is 35.1 Å². The first kappa shape index (κ1) is 15.5. The largest absolute Gasteiger partial charge is 0.271 e. The summed E-state index contributed by atoms with van der Waals surface area (Å²) in [5.41, 5.74) is 4.24. The minimum atomic E-state index is 0.297. The second kappa shape index (κ2) is 7.23. The molecule has 4 atom stereocenters. The minimum absolute atomic E-state index is 0.297. The summed E-state index contributed by atoms with van der Waals surface area (Å²) in [6.45, 7) is 4.61. The summed E-state index contributed by atoms with van der Waals surface area (Å²) in [5.74, 6) is 6.92. The predicted molar refractivity (Wildman–Crippen MR) is 89.0 cm³/mol. The van der Waals surface area contributed by atoms with Gasteiger partial charge in [-0.2, -0.15) is 23.5 Å². The first-order valence-corrected chi connectivity index (χ1v) is 8.94. The SMILES string of the molecule is CC1SCC(C(Cc2cccc(Cl)c2)NN)SC1C. The Morgan fingerprint density at radius 2 is 2.21 bits per heavy atom. The summed E-state index contributed by atoms with van der Waals surface area (Å²) in [5, 5.41) is 2.76. The number of nitrogens with two attached hydrogens (primary N) is 1. The van der Waals surface area contributed by atoms with E-state index in [1.54, 1.807) is 0 Å². The van der Waals surface area contributed by atoms with Crippen molar-refractivity contribution in [2.45, 2.75) is 42.1 Å². The predicted octanol–water partition coefficient (Wildman–Crippen LogP) is 3.34.